The van der Waals surface area contributed by atoms with E-state index in [0.29, 0.717) is 10.7 Å². The van der Waals surface area contributed by atoms with Gasteiger partial charge in [0.2, 0.25) is 6.20 Å². The molecule has 2 nitrogen and oxygen atoms in total. The zero-order chi connectivity index (χ0) is 6.69. The Morgan fingerprint density at radius 2 is 2.33 bits per heavy atom. The molecule has 1 rings (SSSR count). The minimum Gasteiger partial charge on any atom is -0.384 e. The van der Waals surface area contributed by atoms with Crippen molar-refractivity contribution in [1.82, 2.24) is 4.99 Å². The summed E-state index contributed by atoms with van der Waals surface area (Å²) in [6, 6.07) is 0. The van der Waals surface area contributed by atoms with E-state index in [1.807, 2.05) is 12.2 Å². The summed E-state index contributed by atoms with van der Waals surface area (Å²) in [5.74, 6) is 0. The fraction of sp³-hybridized carbons (Fsp3) is 0. The molecule has 0 aromatic carbocycles. The number of aliphatic imine (C=N–C) groups is 1. The van der Waals surface area contributed by atoms with Crippen LogP contribution in [0.25, 0.3) is 0 Å². The molecule has 1 aliphatic rings. The fourth-order valence-electron chi connectivity index (χ4n) is 0.509. The highest BCUT2D eigenvalue weighted by atomic mass is 32.1. The molecule has 1 aliphatic heterocycles. The molecule has 0 aromatic heterocycles. The minimum absolute atomic E-state index is 0.343. The van der Waals surface area contributed by atoms with Crippen LogP contribution in [0.4, 0.5) is 0 Å². The summed E-state index contributed by atoms with van der Waals surface area (Å²) in [5, 5.41) is 0. The predicted molar refractivity (Wildman–Crippen MR) is 42.2 cm³/mol. The van der Waals surface area contributed by atoms with E-state index in [4.69, 9.17) is 5.73 Å². The number of hydrogen-bond acceptors (Lipinski definition) is 2. The fourth-order valence-corrected chi connectivity index (χ4v) is 0.629. The Kier molecular flexibility index (Phi) is 1.75. The Labute approximate surface area is 58.8 Å². The molecule has 1 heterocycles. The first-order valence-corrected chi connectivity index (χ1v) is 2.92. The molecule has 0 saturated heterocycles. The van der Waals surface area contributed by atoms with Crippen molar-refractivity contribution < 1.29 is 0 Å². The lowest BCUT2D eigenvalue weighted by Gasteiger charge is -1.84. The highest BCUT2D eigenvalue weighted by Gasteiger charge is 2.09. The average Bonchev–Trinajstić information content (AvgIpc) is 1.90. The topological polar surface area (TPSA) is 40.1 Å². The van der Waals surface area contributed by atoms with Gasteiger partial charge in [0.05, 0.1) is 4.99 Å². The number of thiocarbonyl (C=S) groups is 1. The van der Waals surface area contributed by atoms with Crippen molar-refractivity contribution in [3.63, 3.8) is 0 Å². The van der Waals surface area contributed by atoms with Gasteiger partial charge in [0.15, 0.2) is 4.99 Å². The highest BCUT2D eigenvalue weighted by Crippen LogP contribution is 1.85. The Bertz CT molecular complexity index is 213. The second-order valence-corrected chi connectivity index (χ2v) is 2.02. The SMILES string of the molecule is NC(=S)C1=[N+]C=CC=C1. The molecular formula is C6H6N2S+. The lowest BCUT2D eigenvalue weighted by Crippen LogP contribution is -2.23. The van der Waals surface area contributed by atoms with Gasteiger partial charge in [-0.3, -0.25) is 0 Å². The van der Waals surface area contributed by atoms with E-state index in [2.05, 4.69) is 17.2 Å². The monoisotopic (exact) mass is 138 g/mol. The van der Waals surface area contributed by atoms with Crippen LogP contribution in [-0.4, -0.2) is 10.7 Å². The summed E-state index contributed by atoms with van der Waals surface area (Å²) < 4.78 is 0. The van der Waals surface area contributed by atoms with Crippen LogP contribution in [-0.2, 0) is 0 Å². The van der Waals surface area contributed by atoms with Gasteiger partial charge in [-0.2, -0.15) is 0 Å². The Balaban J connectivity index is 2.84. The number of hydrogen-bond donors (Lipinski definition) is 1. The third kappa shape index (κ3) is 1.47. The molecule has 1 radical (unpaired) electrons. The molecule has 0 atom stereocenters. The molecule has 0 aromatic rings. The second kappa shape index (κ2) is 2.55. The van der Waals surface area contributed by atoms with Crippen molar-refractivity contribution in [3.8, 4) is 0 Å². The predicted octanol–water partition coefficient (Wildman–Crippen LogP) is 0.133. The van der Waals surface area contributed by atoms with E-state index in [1.165, 1.54) is 0 Å². The second-order valence-electron chi connectivity index (χ2n) is 1.58. The maximum absolute atomic E-state index is 5.28. The highest BCUT2D eigenvalue weighted by molar-refractivity contribution is 7.82. The van der Waals surface area contributed by atoms with Gasteiger partial charge in [-0.1, -0.05) is 12.2 Å². The first-order chi connectivity index (χ1) is 4.30. The maximum atomic E-state index is 5.28. The van der Waals surface area contributed by atoms with E-state index in [-0.39, 0.29) is 0 Å². The lowest BCUT2D eigenvalue weighted by molar-refractivity contribution is 1.38. The smallest absolute Gasteiger partial charge is 0.310 e. The Hall–Kier alpha value is -0.960. The standard InChI is InChI=1S/C6H6N2S/c7-6(9)5-3-1-2-4-8-5/h1-4H,(H2,7,9)/q+1. The van der Waals surface area contributed by atoms with Crippen molar-refractivity contribution in [3.05, 3.63) is 24.4 Å². The number of allylic oxidation sites excluding steroid dienone is 2. The molecule has 0 saturated carbocycles. The summed E-state index contributed by atoms with van der Waals surface area (Å²) >= 11 is 4.68. The molecule has 0 spiro atoms. The third-order valence-corrected chi connectivity index (χ3v) is 1.13. The van der Waals surface area contributed by atoms with Crippen LogP contribution in [0.5, 0.6) is 0 Å². The van der Waals surface area contributed by atoms with Gasteiger partial charge in [-0.05, 0) is 6.08 Å². The van der Waals surface area contributed by atoms with Crippen LogP contribution in [0.2, 0.25) is 0 Å². The number of nitrogens with zero attached hydrogens (tertiary/aromatic N) is 1. The molecule has 0 aliphatic carbocycles. The Morgan fingerprint density at radius 3 is 2.67 bits per heavy atom. The lowest BCUT2D eigenvalue weighted by atomic mass is 10.3. The summed E-state index contributed by atoms with van der Waals surface area (Å²) in [5.41, 5.74) is 5.96. The molecular weight excluding hydrogens is 132 g/mol. The van der Waals surface area contributed by atoms with E-state index in [0.717, 1.165) is 0 Å². The van der Waals surface area contributed by atoms with Crippen molar-refractivity contribution in [2.75, 3.05) is 0 Å². The van der Waals surface area contributed by atoms with E-state index in [9.17, 15) is 0 Å². The summed E-state index contributed by atoms with van der Waals surface area (Å²) in [6.45, 7) is 0. The summed E-state index contributed by atoms with van der Waals surface area (Å²) in [4.78, 5) is 4.26. The molecule has 0 fully saturated rings. The van der Waals surface area contributed by atoms with Gasteiger partial charge in [0, 0.05) is 12.2 Å². The maximum Gasteiger partial charge on any atom is 0.310 e. The van der Waals surface area contributed by atoms with Gasteiger partial charge >= 0.3 is 5.71 Å². The first kappa shape index (κ1) is 6.16. The van der Waals surface area contributed by atoms with Crippen molar-refractivity contribution in [2.24, 2.45) is 5.73 Å². The summed E-state index contributed by atoms with van der Waals surface area (Å²) in [7, 11) is 0. The molecule has 0 unspecified atom stereocenters. The average molecular weight is 138 g/mol. The summed E-state index contributed by atoms with van der Waals surface area (Å²) in [6.07, 6.45) is 7.11. The van der Waals surface area contributed by atoms with Gasteiger partial charge in [0.25, 0.3) is 0 Å². The van der Waals surface area contributed by atoms with Gasteiger partial charge in [-0.15, -0.1) is 0 Å². The normalized spacial score (nSPS) is 15.3. The van der Waals surface area contributed by atoms with Crippen LogP contribution in [0, 0.1) is 0 Å². The molecule has 0 amide bonds. The van der Waals surface area contributed by atoms with Gasteiger partial charge < -0.3 is 5.73 Å². The number of nitrogens with two attached hydrogens (primary N) is 1. The van der Waals surface area contributed by atoms with Crippen molar-refractivity contribution in [2.45, 2.75) is 0 Å². The molecule has 3 heteroatoms. The van der Waals surface area contributed by atoms with E-state index < -0.39 is 0 Å². The molecule has 9 heavy (non-hydrogen) atoms. The van der Waals surface area contributed by atoms with Crippen molar-refractivity contribution >= 4 is 22.9 Å². The molecule has 45 valence electrons. The largest absolute Gasteiger partial charge is 0.384 e. The molecule has 0 bridgehead atoms. The van der Waals surface area contributed by atoms with Crippen molar-refractivity contribution in [1.29, 1.82) is 0 Å². The minimum atomic E-state index is 0.343. The van der Waals surface area contributed by atoms with Gasteiger partial charge in [-0.25, -0.2) is 0 Å². The van der Waals surface area contributed by atoms with Gasteiger partial charge in [0.1, 0.15) is 0 Å². The zero-order valence-electron chi connectivity index (χ0n) is 4.74. The molecule has 2 N–H and O–H groups in total. The first-order valence-electron chi connectivity index (χ1n) is 2.51. The van der Waals surface area contributed by atoms with E-state index in [1.54, 1.807) is 12.3 Å². The van der Waals surface area contributed by atoms with E-state index >= 15 is 0 Å². The van der Waals surface area contributed by atoms with Crippen LogP contribution >= 0.6 is 12.2 Å². The quantitative estimate of drug-likeness (QED) is 0.523. The Morgan fingerprint density at radius 1 is 1.56 bits per heavy atom. The number of rotatable bonds is 1. The van der Waals surface area contributed by atoms with Crippen LogP contribution in [0.15, 0.2) is 24.4 Å². The van der Waals surface area contributed by atoms with Crippen LogP contribution < -0.4 is 10.7 Å². The van der Waals surface area contributed by atoms with Crippen LogP contribution in [0.3, 0.4) is 0 Å². The van der Waals surface area contributed by atoms with Crippen LogP contribution in [0.1, 0.15) is 0 Å². The zero-order valence-corrected chi connectivity index (χ0v) is 5.56. The third-order valence-electron chi connectivity index (χ3n) is 0.917.